The van der Waals surface area contributed by atoms with Crippen LogP contribution in [0.4, 0.5) is 0 Å². The average Bonchev–Trinajstić information content (AvgIpc) is 3.34. The lowest BCUT2D eigenvalue weighted by Crippen LogP contribution is -2.02. The van der Waals surface area contributed by atoms with Crippen molar-refractivity contribution >= 4 is 10.9 Å². The van der Waals surface area contributed by atoms with Crippen LogP contribution in [0.5, 0.6) is 0 Å². The van der Waals surface area contributed by atoms with Crippen molar-refractivity contribution in [1.82, 2.24) is 24.9 Å². The van der Waals surface area contributed by atoms with E-state index in [1.54, 1.807) is 0 Å². The Morgan fingerprint density at radius 1 is 0.300 bits per heavy atom. The molecule has 0 aliphatic heterocycles. The lowest BCUT2D eigenvalue weighted by Gasteiger charge is -2.16. The second-order valence-electron chi connectivity index (χ2n) is 14.4. The SMILES string of the molecule is N#Cc1cccc(-c2ccccc2-c2nc(-c3ccccc3)nc(-c3ccccc3-c3ccccc3-c3ccc(-c4nc(-c5ccccc5)c5ccccc5n4)cc3)n2)c1. The van der Waals surface area contributed by atoms with E-state index in [0.29, 0.717) is 28.9 Å². The van der Waals surface area contributed by atoms with Crippen molar-refractivity contribution in [1.29, 1.82) is 5.26 Å². The van der Waals surface area contributed by atoms with Crippen LogP contribution in [0.1, 0.15) is 5.56 Å². The molecule has 0 spiro atoms. The summed E-state index contributed by atoms with van der Waals surface area (Å²) in [4.78, 5) is 25.5. The van der Waals surface area contributed by atoms with Crippen LogP contribution in [0.3, 0.4) is 0 Å². The molecule has 6 nitrogen and oxygen atoms in total. The Balaban J connectivity index is 1.08. The second-order valence-corrected chi connectivity index (χ2v) is 14.4. The number of nitrogens with zero attached hydrogens (tertiary/aromatic N) is 6. The van der Waals surface area contributed by atoms with Gasteiger partial charge < -0.3 is 0 Å². The summed E-state index contributed by atoms with van der Waals surface area (Å²) in [5.74, 6) is 2.35. The summed E-state index contributed by atoms with van der Waals surface area (Å²) < 4.78 is 0. The summed E-state index contributed by atoms with van der Waals surface area (Å²) in [6.45, 7) is 0. The van der Waals surface area contributed by atoms with Gasteiger partial charge >= 0.3 is 0 Å². The van der Waals surface area contributed by atoms with Crippen LogP contribution < -0.4 is 0 Å². The van der Waals surface area contributed by atoms with Gasteiger partial charge in [0.15, 0.2) is 23.3 Å². The number of hydrogen-bond acceptors (Lipinski definition) is 6. The standard InChI is InChI=1S/C54H34N6/c55-35-36-16-15-21-41(34-36)43-23-8-11-26-46(43)53-58-52(39-19-5-2-6-20-39)59-54(60-53)47-27-12-10-25-45(47)44-24-9-7-22-42(44)37-30-32-40(33-31-37)51-56-49-29-14-13-28-48(49)50(57-51)38-17-3-1-4-18-38/h1-34H. The van der Waals surface area contributed by atoms with E-state index < -0.39 is 0 Å². The summed E-state index contributed by atoms with van der Waals surface area (Å²) >= 11 is 0. The molecule has 2 aromatic heterocycles. The number of hydrogen-bond donors (Lipinski definition) is 0. The highest BCUT2D eigenvalue weighted by Gasteiger charge is 2.20. The summed E-state index contributed by atoms with van der Waals surface area (Å²) in [7, 11) is 0. The van der Waals surface area contributed by atoms with Crippen molar-refractivity contribution in [3.8, 4) is 96.3 Å². The monoisotopic (exact) mass is 766 g/mol. The molecule has 10 aromatic rings. The number of benzene rings is 8. The third kappa shape index (κ3) is 6.97. The summed E-state index contributed by atoms with van der Waals surface area (Å²) in [5, 5.41) is 10.7. The first-order chi connectivity index (χ1) is 29.7. The molecule has 0 saturated carbocycles. The molecule has 0 aliphatic carbocycles. The summed E-state index contributed by atoms with van der Waals surface area (Å²) in [5.41, 5.74) is 13.0. The molecule has 8 aromatic carbocycles. The molecule has 0 saturated heterocycles. The Bertz CT molecular complexity index is 3210. The minimum Gasteiger partial charge on any atom is -0.228 e. The lowest BCUT2D eigenvalue weighted by molar-refractivity contribution is 1.07. The second kappa shape index (κ2) is 15.9. The quantitative estimate of drug-likeness (QED) is 0.153. The van der Waals surface area contributed by atoms with Crippen molar-refractivity contribution in [2.24, 2.45) is 0 Å². The number of para-hydroxylation sites is 1. The molecule has 10 rings (SSSR count). The predicted octanol–water partition coefficient (Wildman–Crippen LogP) is 13.0. The Morgan fingerprint density at radius 2 is 0.750 bits per heavy atom. The van der Waals surface area contributed by atoms with Gasteiger partial charge in [0.05, 0.1) is 22.8 Å². The van der Waals surface area contributed by atoms with Gasteiger partial charge in [-0.1, -0.05) is 188 Å². The zero-order valence-corrected chi connectivity index (χ0v) is 32.3. The van der Waals surface area contributed by atoms with Crippen molar-refractivity contribution in [3.05, 3.63) is 212 Å². The normalized spacial score (nSPS) is 11.0. The van der Waals surface area contributed by atoms with Crippen molar-refractivity contribution in [3.63, 3.8) is 0 Å². The van der Waals surface area contributed by atoms with Gasteiger partial charge in [0.2, 0.25) is 0 Å². The van der Waals surface area contributed by atoms with E-state index in [0.717, 1.165) is 77.8 Å². The highest BCUT2D eigenvalue weighted by Crippen LogP contribution is 2.40. The number of nitriles is 1. The van der Waals surface area contributed by atoms with Gasteiger partial charge in [0.1, 0.15) is 0 Å². The fourth-order valence-electron chi connectivity index (χ4n) is 7.72. The van der Waals surface area contributed by atoms with Gasteiger partial charge in [0.25, 0.3) is 0 Å². The van der Waals surface area contributed by atoms with Crippen LogP contribution in [-0.2, 0) is 0 Å². The number of aromatic nitrogens is 5. The first kappa shape index (κ1) is 36.0. The summed E-state index contributed by atoms with van der Waals surface area (Å²) in [6, 6.07) is 71.6. The van der Waals surface area contributed by atoms with Crippen LogP contribution in [0.15, 0.2) is 206 Å². The Kier molecular flexibility index (Phi) is 9.51. The smallest absolute Gasteiger partial charge is 0.164 e. The van der Waals surface area contributed by atoms with E-state index in [4.69, 9.17) is 24.9 Å². The largest absolute Gasteiger partial charge is 0.228 e. The zero-order valence-electron chi connectivity index (χ0n) is 32.3. The topological polar surface area (TPSA) is 88.2 Å². The van der Waals surface area contributed by atoms with Gasteiger partial charge in [-0.3, -0.25) is 0 Å². The van der Waals surface area contributed by atoms with Gasteiger partial charge in [-0.05, 0) is 51.6 Å². The maximum atomic E-state index is 9.68. The molecule has 60 heavy (non-hydrogen) atoms. The third-order valence-corrected chi connectivity index (χ3v) is 10.6. The van der Waals surface area contributed by atoms with E-state index >= 15 is 0 Å². The first-order valence-corrected chi connectivity index (χ1v) is 19.7. The molecule has 0 radical (unpaired) electrons. The van der Waals surface area contributed by atoms with Crippen molar-refractivity contribution in [2.45, 2.75) is 0 Å². The van der Waals surface area contributed by atoms with E-state index in [1.165, 1.54) is 0 Å². The minimum absolute atomic E-state index is 0.543. The van der Waals surface area contributed by atoms with Gasteiger partial charge in [-0.15, -0.1) is 0 Å². The van der Waals surface area contributed by atoms with Crippen LogP contribution >= 0.6 is 0 Å². The Hall–Kier alpha value is -8.40. The molecule has 0 aliphatic rings. The van der Waals surface area contributed by atoms with E-state index in [9.17, 15) is 5.26 Å². The molecule has 0 amide bonds. The fourth-order valence-corrected chi connectivity index (χ4v) is 7.72. The molecule has 0 unspecified atom stereocenters. The van der Waals surface area contributed by atoms with E-state index in [2.05, 4.69) is 91.0 Å². The van der Waals surface area contributed by atoms with Crippen LogP contribution in [-0.4, -0.2) is 24.9 Å². The van der Waals surface area contributed by atoms with Crippen LogP contribution in [0.2, 0.25) is 0 Å². The van der Waals surface area contributed by atoms with Crippen molar-refractivity contribution < 1.29 is 0 Å². The van der Waals surface area contributed by atoms with Gasteiger partial charge in [-0.25, -0.2) is 24.9 Å². The Morgan fingerprint density at radius 3 is 1.42 bits per heavy atom. The highest BCUT2D eigenvalue weighted by molar-refractivity contribution is 5.94. The first-order valence-electron chi connectivity index (χ1n) is 19.7. The maximum absolute atomic E-state index is 9.68. The fraction of sp³-hybridized carbons (Fsp3) is 0. The zero-order chi connectivity index (χ0) is 40.3. The minimum atomic E-state index is 0.543. The molecule has 0 fully saturated rings. The Labute approximate surface area is 347 Å². The molecule has 280 valence electrons. The molecular weight excluding hydrogens is 733 g/mol. The van der Waals surface area contributed by atoms with Crippen molar-refractivity contribution in [2.75, 3.05) is 0 Å². The molecule has 6 heteroatoms. The molecule has 2 heterocycles. The molecule has 0 N–H and O–H groups in total. The molecule has 0 bridgehead atoms. The van der Waals surface area contributed by atoms with Gasteiger partial charge in [0, 0.05) is 33.2 Å². The predicted molar refractivity (Wildman–Crippen MR) is 241 cm³/mol. The van der Waals surface area contributed by atoms with Crippen LogP contribution in [0, 0.1) is 11.3 Å². The van der Waals surface area contributed by atoms with Gasteiger partial charge in [-0.2, -0.15) is 5.26 Å². The number of rotatable bonds is 8. The molecular formula is C54H34N6. The lowest BCUT2D eigenvalue weighted by atomic mass is 9.91. The average molecular weight is 767 g/mol. The number of fused-ring (bicyclic) bond motifs is 1. The highest BCUT2D eigenvalue weighted by atomic mass is 15.0. The molecule has 0 atom stereocenters. The third-order valence-electron chi connectivity index (χ3n) is 10.6. The van der Waals surface area contributed by atoms with Crippen LogP contribution in [0.25, 0.3) is 101 Å². The van der Waals surface area contributed by atoms with E-state index in [1.807, 2.05) is 121 Å². The maximum Gasteiger partial charge on any atom is 0.164 e. The summed E-state index contributed by atoms with van der Waals surface area (Å²) in [6.07, 6.45) is 0. The van der Waals surface area contributed by atoms with E-state index in [-0.39, 0.29) is 0 Å².